The molecule has 0 aliphatic heterocycles. The van der Waals surface area contributed by atoms with Crippen LogP contribution in [0.2, 0.25) is 0 Å². The van der Waals surface area contributed by atoms with E-state index in [2.05, 4.69) is 0 Å². The molecule has 0 saturated heterocycles. The lowest BCUT2D eigenvalue weighted by molar-refractivity contribution is 0.152. The van der Waals surface area contributed by atoms with Gasteiger partial charge in [-0.3, -0.25) is 0 Å². The number of hydrogen-bond acceptors (Lipinski definition) is 4. The molecule has 4 nitrogen and oxygen atoms in total. The van der Waals surface area contributed by atoms with Gasteiger partial charge in [0, 0.05) is 11.6 Å². The zero-order valence-electron chi connectivity index (χ0n) is 10.2. The highest BCUT2D eigenvalue weighted by atomic mass is 16.5. The molecule has 1 aromatic rings. The van der Waals surface area contributed by atoms with Crippen molar-refractivity contribution in [1.29, 1.82) is 0 Å². The predicted molar refractivity (Wildman–Crippen MR) is 62.9 cm³/mol. The van der Waals surface area contributed by atoms with Crippen LogP contribution in [0.4, 0.5) is 0 Å². The van der Waals surface area contributed by atoms with Crippen LogP contribution in [0.25, 0.3) is 0 Å². The van der Waals surface area contributed by atoms with Gasteiger partial charge in [0.1, 0.15) is 11.5 Å². The number of hydrogen-bond donors (Lipinski definition) is 2. The first-order valence-electron chi connectivity index (χ1n) is 5.17. The Balaban J connectivity index is 3.21. The molecule has 0 fully saturated rings. The number of ether oxygens (including phenoxy) is 2. The maximum atomic E-state index is 9.89. The third-order valence-corrected chi connectivity index (χ3v) is 2.61. The molecule has 2 atom stereocenters. The molecule has 1 aromatic carbocycles. The number of nitrogens with two attached hydrogens (primary N) is 1. The zero-order valence-corrected chi connectivity index (χ0v) is 10.2. The molecule has 4 heteroatoms. The number of rotatable bonds is 4. The van der Waals surface area contributed by atoms with Crippen molar-refractivity contribution in [3.05, 3.63) is 23.3 Å². The number of aliphatic hydroxyl groups excluding tert-OH is 1. The van der Waals surface area contributed by atoms with Gasteiger partial charge in [0.2, 0.25) is 0 Å². The first-order chi connectivity index (χ1) is 7.51. The first-order valence-corrected chi connectivity index (χ1v) is 5.17. The number of benzene rings is 1. The van der Waals surface area contributed by atoms with Gasteiger partial charge in [-0.15, -0.1) is 0 Å². The van der Waals surface area contributed by atoms with Crippen LogP contribution in [0.5, 0.6) is 11.5 Å². The van der Waals surface area contributed by atoms with E-state index in [9.17, 15) is 5.11 Å². The summed E-state index contributed by atoms with van der Waals surface area (Å²) in [5.41, 5.74) is 7.27. The summed E-state index contributed by atoms with van der Waals surface area (Å²) in [7, 11) is 3.17. The lowest BCUT2D eigenvalue weighted by Gasteiger charge is -2.18. The van der Waals surface area contributed by atoms with E-state index in [1.54, 1.807) is 33.3 Å². The lowest BCUT2D eigenvalue weighted by atomic mass is 10.0. The number of methoxy groups -OCH3 is 2. The fourth-order valence-corrected chi connectivity index (χ4v) is 1.58. The van der Waals surface area contributed by atoms with E-state index >= 15 is 0 Å². The van der Waals surface area contributed by atoms with Crippen molar-refractivity contribution in [3.8, 4) is 11.5 Å². The highest BCUT2D eigenvalue weighted by Gasteiger charge is 2.16. The van der Waals surface area contributed by atoms with Gasteiger partial charge >= 0.3 is 0 Å². The van der Waals surface area contributed by atoms with Gasteiger partial charge in [-0.2, -0.15) is 0 Å². The summed E-state index contributed by atoms with van der Waals surface area (Å²) in [5.74, 6) is 1.38. The largest absolute Gasteiger partial charge is 0.496 e. The van der Waals surface area contributed by atoms with E-state index in [0.717, 1.165) is 5.56 Å². The summed E-state index contributed by atoms with van der Waals surface area (Å²) in [5, 5.41) is 9.89. The maximum absolute atomic E-state index is 9.89. The van der Waals surface area contributed by atoms with Gasteiger partial charge in [-0.1, -0.05) is 0 Å². The number of aliphatic hydroxyl groups is 1. The Kier molecular flexibility index (Phi) is 4.15. The summed E-state index contributed by atoms with van der Waals surface area (Å²) in [6, 6.07) is 3.23. The SMILES string of the molecule is COc1cc([C@H](O)[C@@H](C)N)cc(OC)c1C. The van der Waals surface area contributed by atoms with Gasteiger partial charge in [0.25, 0.3) is 0 Å². The summed E-state index contributed by atoms with van der Waals surface area (Å²) in [4.78, 5) is 0. The average Bonchev–Trinajstić information content (AvgIpc) is 2.28. The Bertz CT molecular complexity index is 338. The summed E-state index contributed by atoms with van der Waals surface area (Å²) in [6.45, 7) is 3.66. The van der Waals surface area contributed by atoms with Crippen LogP contribution in [0.15, 0.2) is 12.1 Å². The summed E-state index contributed by atoms with van der Waals surface area (Å²) >= 11 is 0. The normalized spacial score (nSPS) is 14.4. The van der Waals surface area contributed by atoms with Gasteiger partial charge in [-0.25, -0.2) is 0 Å². The molecular weight excluding hydrogens is 206 g/mol. The fraction of sp³-hybridized carbons (Fsp3) is 0.500. The summed E-state index contributed by atoms with van der Waals surface area (Å²) < 4.78 is 10.5. The van der Waals surface area contributed by atoms with Crippen LogP contribution in [-0.2, 0) is 0 Å². The van der Waals surface area contributed by atoms with Crippen molar-refractivity contribution >= 4 is 0 Å². The predicted octanol–water partition coefficient (Wildman–Crippen LogP) is 1.39. The monoisotopic (exact) mass is 225 g/mol. The second kappa shape index (κ2) is 5.18. The first kappa shape index (κ1) is 12.8. The molecule has 1 rings (SSSR count). The molecule has 0 amide bonds. The third-order valence-electron chi connectivity index (χ3n) is 2.61. The minimum Gasteiger partial charge on any atom is -0.496 e. The van der Waals surface area contributed by atoms with Gasteiger partial charge in [0.05, 0.1) is 20.3 Å². The average molecular weight is 225 g/mol. The third kappa shape index (κ3) is 2.46. The van der Waals surface area contributed by atoms with Gasteiger partial charge in [-0.05, 0) is 31.5 Å². The molecule has 0 saturated carbocycles. The molecule has 0 aliphatic rings. The van der Waals surface area contributed by atoms with Crippen molar-refractivity contribution in [2.75, 3.05) is 14.2 Å². The Morgan fingerprint density at radius 1 is 1.19 bits per heavy atom. The minimum absolute atomic E-state index is 0.336. The van der Waals surface area contributed by atoms with Crippen molar-refractivity contribution in [2.45, 2.75) is 26.0 Å². The molecule has 90 valence electrons. The Morgan fingerprint density at radius 2 is 1.62 bits per heavy atom. The zero-order chi connectivity index (χ0) is 12.3. The molecule has 0 aromatic heterocycles. The van der Waals surface area contributed by atoms with Crippen LogP contribution in [0, 0.1) is 6.92 Å². The second-order valence-electron chi connectivity index (χ2n) is 3.85. The van der Waals surface area contributed by atoms with Crippen molar-refractivity contribution in [2.24, 2.45) is 5.73 Å². The van der Waals surface area contributed by atoms with E-state index in [1.807, 2.05) is 6.92 Å². The van der Waals surface area contributed by atoms with Crippen molar-refractivity contribution in [1.82, 2.24) is 0 Å². The minimum atomic E-state index is -0.719. The van der Waals surface area contributed by atoms with Crippen LogP contribution in [0.3, 0.4) is 0 Å². The van der Waals surface area contributed by atoms with Crippen LogP contribution < -0.4 is 15.2 Å². The second-order valence-corrected chi connectivity index (χ2v) is 3.85. The highest BCUT2D eigenvalue weighted by molar-refractivity contribution is 5.47. The lowest BCUT2D eigenvalue weighted by Crippen LogP contribution is -2.24. The van der Waals surface area contributed by atoms with E-state index in [4.69, 9.17) is 15.2 Å². The maximum Gasteiger partial charge on any atom is 0.125 e. The molecule has 16 heavy (non-hydrogen) atoms. The molecule has 0 bridgehead atoms. The summed E-state index contributed by atoms with van der Waals surface area (Å²) in [6.07, 6.45) is -0.719. The molecule has 3 N–H and O–H groups in total. The van der Waals surface area contributed by atoms with Crippen molar-refractivity contribution < 1.29 is 14.6 Å². The molecular formula is C12H19NO3. The quantitative estimate of drug-likeness (QED) is 0.812. The smallest absolute Gasteiger partial charge is 0.125 e. The Labute approximate surface area is 96.0 Å². The Morgan fingerprint density at radius 3 is 1.94 bits per heavy atom. The molecule has 0 heterocycles. The topological polar surface area (TPSA) is 64.7 Å². The van der Waals surface area contributed by atoms with Crippen LogP contribution in [0.1, 0.15) is 24.2 Å². The van der Waals surface area contributed by atoms with E-state index < -0.39 is 6.10 Å². The van der Waals surface area contributed by atoms with Crippen LogP contribution >= 0.6 is 0 Å². The molecule has 0 radical (unpaired) electrons. The molecule has 0 aliphatic carbocycles. The Hall–Kier alpha value is -1.26. The van der Waals surface area contributed by atoms with Gasteiger partial charge in [0.15, 0.2) is 0 Å². The van der Waals surface area contributed by atoms with E-state index in [-0.39, 0.29) is 6.04 Å². The molecule has 0 unspecified atom stereocenters. The van der Waals surface area contributed by atoms with E-state index in [0.29, 0.717) is 17.1 Å². The van der Waals surface area contributed by atoms with E-state index in [1.165, 1.54) is 0 Å². The van der Waals surface area contributed by atoms with Gasteiger partial charge < -0.3 is 20.3 Å². The molecule has 0 spiro atoms. The fourth-order valence-electron chi connectivity index (χ4n) is 1.58. The highest BCUT2D eigenvalue weighted by Crippen LogP contribution is 2.32. The standard InChI is InChI=1S/C12H19NO3/c1-7-10(15-3)5-9(6-11(7)16-4)12(14)8(2)13/h5-6,8,12,14H,13H2,1-4H3/t8-,12-/m1/s1. The van der Waals surface area contributed by atoms with Crippen molar-refractivity contribution in [3.63, 3.8) is 0 Å². The van der Waals surface area contributed by atoms with Crippen LogP contribution in [-0.4, -0.2) is 25.4 Å².